The van der Waals surface area contributed by atoms with E-state index in [4.69, 9.17) is 5.11 Å². The van der Waals surface area contributed by atoms with Crippen LogP contribution in [0.3, 0.4) is 0 Å². The van der Waals surface area contributed by atoms with E-state index in [9.17, 15) is 9.18 Å². The molecule has 0 unspecified atom stereocenters. The summed E-state index contributed by atoms with van der Waals surface area (Å²) in [6.45, 7) is 0. The second-order valence-corrected chi connectivity index (χ2v) is 4.18. The number of carbonyl (C=O) groups is 1. The highest BCUT2D eigenvalue weighted by molar-refractivity contribution is 9.10. The standard InChI is InChI=1S/C12H7BrFNO2/c13-10-3-1-2-7(11(10)14)9-6-15-5-4-8(9)12(16)17/h1-6H,(H,16,17). The Morgan fingerprint density at radius 1 is 1.29 bits per heavy atom. The first-order valence-electron chi connectivity index (χ1n) is 4.73. The molecule has 1 aromatic heterocycles. The van der Waals surface area contributed by atoms with Gasteiger partial charge in [0.1, 0.15) is 5.82 Å². The Bertz CT molecular complexity index is 586. The highest BCUT2D eigenvalue weighted by atomic mass is 79.9. The van der Waals surface area contributed by atoms with E-state index in [1.54, 1.807) is 12.1 Å². The summed E-state index contributed by atoms with van der Waals surface area (Å²) < 4.78 is 14.2. The van der Waals surface area contributed by atoms with E-state index in [0.717, 1.165) is 0 Å². The minimum atomic E-state index is -1.11. The summed E-state index contributed by atoms with van der Waals surface area (Å²) in [5, 5.41) is 9.03. The molecule has 0 bridgehead atoms. The molecule has 0 saturated carbocycles. The Morgan fingerprint density at radius 2 is 2.06 bits per heavy atom. The maximum Gasteiger partial charge on any atom is 0.336 e. The highest BCUT2D eigenvalue weighted by Crippen LogP contribution is 2.29. The number of aromatic carboxylic acids is 1. The third-order valence-corrected chi connectivity index (χ3v) is 2.91. The average Bonchev–Trinajstić information content (AvgIpc) is 2.33. The molecule has 17 heavy (non-hydrogen) atoms. The molecule has 0 aliphatic rings. The molecule has 0 amide bonds. The number of carboxylic acid groups (broad SMARTS) is 1. The second-order valence-electron chi connectivity index (χ2n) is 3.33. The van der Waals surface area contributed by atoms with Gasteiger partial charge in [-0.3, -0.25) is 4.98 Å². The molecular weight excluding hydrogens is 289 g/mol. The molecule has 86 valence electrons. The van der Waals surface area contributed by atoms with Crippen molar-refractivity contribution in [3.8, 4) is 11.1 Å². The van der Waals surface area contributed by atoms with Gasteiger partial charge in [0.05, 0.1) is 10.0 Å². The Labute approximate surface area is 105 Å². The van der Waals surface area contributed by atoms with Gasteiger partial charge >= 0.3 is 5.97 Å². The van der Waals surface area contributed by atoms with Crippen LogP contribution in [0.2, 0.25) is 0 Å². The van der Waals surface area contributed by atoms with Crippen LogP contribution in [0.1, 0.15) is 10.4 Å². The molecule has 1 N–H and O–H groups in total. The first-order chi connectivity index (χ1) is 8.11. The highest BCUT2D eigenvalue weighted by Gasteiger charge is 2.15. The fourth-order valence-corrected chi connectivity index (χ4v) is 1.87. The third kappa shape index (κ3) is 2.19. The predicted molar refractivity (Wildman–Crippen MR) is 64.3 cm³/mol. The monoisotopic (exact) mass is 295 g/mol. The maximum atomic E-state index is 13.9. The molecule has 0 fully saturated rings. The molecule has 1 aromatic carbocycles. The van der Waals surface area contributed by atoms with Crippen molar-refractivity contribution in [3.05, 3.63) is 52.5 Å². The van der Waals surface area contributed by atoms with Gasteiger partial charge in [-0.2, -0.15) is 0 Å². The second kappa shape index (κ2) is 4.63. The number of hydrogen-bond acceptors (Lipinski definition) is 2. The molecule has 0 atom stereocenters. The van der Waals surface area contributed by atoms with Gasteiger partial charge in [0.25, 0.3) is 0 Å². The molecule has 5 heteroatoms. The normalized spacial score (nSPS) is 10.2. The Hall–Kier alpha value is -1.75. The smallest absolute Gasteiger partial charge is 0.336 e. The van der Waals surface area contributed by atoms with Crippen molar-refractivity contribution in [3.63, 3.8) is 0 Å². The van der Waals surface area contributed by atoms with Crippen molar-refractivity contribution in [2.75, 3.05) is 0 Å². The number of nitrogens with zero attached hydrogens (tertiary/aromatic N) is 1. The van der Waals surface area contributed by atoms with Gasteiger partial charge in [0.2, 0.25) is 0 Å². The molecule has 3 nitrogen and oxygen atoms in total. The van der Waals surface area contributed by atoms with Crippen LogP contribution >= 0.6 is 15.9 Å². The van der Waals surface area contributed by atoms with Gasteiger partial charge in [-0.1, -0.05) is 12.1 Å². The van der Waals surface area contributed by atoms with Gasteiger partial charge < -0.3 is 5.11 Å². The summed E-state index contributed by atoms with van der Waals surface area (Å²) in [5.74, 6) is -1.61. The number of aromatic nitrogens is 1. The zero-order valence-electron chi connectivity index (χ0n) is 8.52. The molecule has 0 saturated heterocycles. The van der Waals surface area contributed by atoms with Crippen molar-refractivity contribution in [2.45, 2.75) is 0 Å². The fraction of sp³-hybridized carbons (Fsp3) is 0. The number of hydrogen-bond donors (Lipinski definition) is 1. The van der Waals surface area contributed by atoms with Crippen molar-refractivity contribution < 1.29 is 14.3 Å². The zero-order chi connectivity index (χ0) is 12.4. The van der Waals surface area contributed by atoms with Gasteiger partial charge in [-0.05, 0) is 28.1 Å². The van der Waals surface area contributed by atoms with Gasteiger partial charge in [0, 0.05) is 23.5 Å². The summed E-state index contributed by atoms with van der Waals surface area (Å²) in [6, 6.07) is 6.05. The Morgan fingerprint density at radius 3 is 2.76 bits per heavy atom. The molecule has 0 aliphatic heterocycles. The van der Waals surface area contributed by atoms with E-state index in [1.165, 1.54) is 24.5 Å². The lowest BCUT2D eigenvalue weighted by Crippen LogP contribution is -2.01. The fourth-order valence-electron chi connectivity index (χ4n) is 1.51. The van der Waals surface area contributed by atoms with Crippen LogP contribution in [0.5, 0.6) is 0 Å². The summed E-state index contributed by atoms with van der Waals surface area (Å²) in [5.41, 5.74) is 0.501. The van der Waals surface area contributed by atoms with E-state index in [1.807, 2.05) is 0 Å². The predicted octanol–water partition coefficient (Wildman–Crippen LogP) is 3.35. The van der Waals surface area contributed by atoms with Crippen LogP contribution in [0.15, 0.2) is 41.1 Å². The molecule has 0 spiro atoms. The molecule has 2 rings (SSSR count). The third-order valence-electron chi connectivity index (χ3n) is 2.29. The van der Waals surface area contributed by atoms with Crippen LogP contribution in [-0.2, 0) is 0 Å². The van der Waals surface area contributed by atoms with Crippen molar-refractivity contribution in [1.82, 2.24) is 4.98 Å². The Kier molecular flexibility index (Phi) is 3.19. The van der Waals surface area contributed by atoms with Crippen LogP contribution in [-0.4, -0.2) is 16.1 Å². The molecule has 2 aromatic rings. The van der Waals surface area contributed by atoms with Crippen LogP contribution in [0, 0.1) is 5.82 Å². The van der Waals surface area contributed by atoms with Gasteiger partial charge in [0.15, 0.2) is 0 Å². The number of carboxylic acids is 1. The largest absolute Gasteiger partial charge is 0.478 e. The van der Waals surface area contributed by atoms with Crippen molar-refractivity contribution in [1.29, 1.82) is 0 Å². The molecule has 0 radical (unpaired) electrons. The van der Waals surface area contributed by atoms with Crippen molar-refractivity contribution >= 4 is 21.9 Å². The quantitative estimate of drug-likeness (QED) is 0.924. The van der Waals surface area contributed by atoms with Gasteiger partial charge in [-0.25, -0.2) is 9.18 Å². The Balaban J connectivity index is 2.69. The minimum absolute atomic E-state index is 0.0250. The van der Waals surface area contributed by atoms with E-state index in [2.05, 4.69) is 20.9 Å². The number of pyridine rings is 1. The van der Waals surface area contributed by atoms with Crippen LogP contribution in [0.4, 0.5) is 4.39 Å². The van der Waals surface area contributed by atoms with Gasteiger partial charge in [-0.15, -0.1) is 0 Å². The molecular formula is C12H7BrFNO2. The maximum absolute atomic E-state index is 13.9. The van der Waals surface area contributed by atoms with E-state index < -0.39 is 11.8 Å². The SMILES string of the molecule is O=C(O)c1ccncc1-c1cccc(Br)c1F. The molecule has 1 heterocycles. The van der Waals surface area contributed by atoms with E-state index in [-0.39, 0.29) is 21.2 Å². The summed E-state index contributed by atoms with van der Waals surface area (Å²) in [7, 11) is 0. The number of halogens is 2. The average molecular weight is 296 g/mol. The zero-order valence-corrected chi connectivity index (χ0v) is 10.1. The number of rotatable bonds is 2. The van der Waals surface area contributed by atoms with E-state index >= 15 is 0 Å². The lowest BCUT2D eigenvalue weighted by Gasteiger charge is -2.07. The molecule has 0 aliphatic carbocycles. The van der Waals surface area contributed by atoms with Crippen LogP contribution < -0.4 is 0 Å². The number of benzene rings is 1. The summed E-state index contributed by atoms with van der Waals surface area (Å²) in [6.07, 6.45) is 2.71. The summed E-state index contributed by atoms with van der Waals surface area (Å²) in [4.78, 5) is 14.9. The lowest BCUT2D eigenvalue weighted by molar-refractivity contribution is 0.0697. The first kappa shape index (κ1) is 11.7. The van der Waals surface area contributed by atoms with E-state index in [0.29, 0.717) is 0 Å². The topological polar surface area (TPSA) is 50.2 Å². The summed E-state index contributed by atoms with van der Waals surface area (Å²) >= 11 is 3.06. The lowest BCUT2D eigenvalue weighted by atomic mass is 10.0. The van der Waals surface area contributed by atoms with Crippen molar-refractivity contribution in [2.24, 2.45) is 0 Å². The minimum Gasteiger partial charge on any atom is -0.478 e. The first-order valence-corrected chi connectivity index (χ1v) is 5.52. The van der Waals surface area contributed by atoms with Crippen LogP contribution in [0.25, 0.3) is 11.1 Å².